The van der Waals surface area contributed by atoms with Crippen molar-refractivity contribution in [2.75, 3.05) is 6.54 Å². The van der Waals surface area contributed by atoms with Crippen molar-refractivity contribution in [2.45, 2.75) is 53.0 Å². The van der Waals surface area contributed by atoms with Gasteiger partial charge in [0.15, 0.2) is 5.78 Å². The van der Waals surface area contributed by atoms with Crippen LogP contribution in [0.2, 0.25) is 0 Å². The number of Topliss-reactive ketones (excluding diaryl/α,β-unsaturated/α-hetero) is 1. The van der Waals surface area contributed by atoms with Gasteiger partial charge in [0, 0.05) is 6.54 Å². The van der Waals surface area contributed by atoms with Gasteiger partial charge in [-0.3, -0.25) is 9.59 Å². The zero-order valence-electron chi connectivity index (χ0n) is 11.7. The van der Waals surface area contributed by atoms with E-state index in [-0.39, 0.29) is 29.1 Å². The number of carbonyl (C=O) groups is 2. The molecule has 0 unspecified atom stereocenters. The summed E-state index contributed by atoms with van der Waals surface area (Å²) >= 11 is 0. The molecule has 0 saturated carbocycles. The van der Waals surface area contributed by atoms with Gasteiger partial charge >= 0.3 is 0 Å². The molecule has 0 spiro atoms. The molecule has 0 aromatic carbocycles. The topological polar surface area (TPSA) is 57.6 Å². The predicted octanol–water partition coefficient (Wildman–Crippen LogP) is 2.44. The first-order valence-corrected chi connectivity index (χ1v) is 6.65. The fraction of sp³-hybridized carbons (Fsp3) is 0.714. The second-order valence-electron chi connectivity index (χ2n) is 5.32. The van der Waals surface area contributed by atoms with Crippen LogP contribution in [0.25, 0.3) is 0 Å². The minimum absolute atomic E-state index is 0.0169. The fourth-order valence-corrected chi connectivity index (χ4v) is 2.30. The third-order valence-corrected chi connectivity index (χ3v) is 3.21. The molecule has 1 rings (SSSR count). The summed E-state index contributed by atoms with van der Waals surface area (Å²) in [5.74, 6) is -0.337. The van der Waals surface area contributed by atoms with Crippen LogP contribution in [0.5, 0.6) is 0 Å². The molecule has 1 saturated heterocycles. The van der Waals surface area contributed by atoms with E-state index in [4.69, 9.17) is 0 Å². The number of ketones is 1. The summed E-state index contributed by atoms with van der Waals surface area (Å²) < 4.78 is 0. The summed E-state index contributed by atoms with van der Waals surface area (Å²) in [5, 5.41) is 9.50. The maximum atomic E-state index is 12.2. The Hall–Kier alpha value is -1.32. The number of aliphatic hydroxyl groups is 1. The third-order valence-electron chi connectivity index (χ3n) is 3.21. The summed E-state index contributed by atoms with van der Waals surface area (Å²) in [6.07, 6.45) is 2.51. The molecule has 1 fully saturated rings. The molecule has 4 heteroatoms. The molecule has 1 atom stereocenters. The second-order valence-corrected chi connectivity index (χ2v) is 5.32. The molecule has 0 bridgehead atoms. The average Bonchev–Trinajstić information content (AvgIpc) is 2.48. The summed E-state index contributed by atoms with van der Waals surface area (Å²) in [5.41, 5.74) is -0.0169. The van der Waals surface area contributed by atoms with Gasteiger partial charge in [-0.15, -0.1) is 0 Å². The van der Waals surface area contributed by atoms with Crippen LogP contribution >= 0.6 is 0 Å². The first kappa shape index (κ1) is 14.7. The number of rotatable bonds is 5. The van der Waals surface area contributed by atoms with Gasteiger partial charge in [0.2, 0.25) is 0 Å². The van der Waals surface area contributed by atoms with Crippen molar-refractivity contribution in [2.24, 2.45) is 5.92 Å². The lowest BCUT2D eigenvalue weighted by Gasteiger charge is -2.24. The van der Waals surface area contributed by atoms with Crippen molar-refractivity contribution in [3.8, 4) is 0 Å². The van der Waals surface area contributed by atoms with E-state index in [1.165, 1.54) is 6.92 Å². The van der Waals surface area contributed by atoms with E-state index in [1.54, 1.807) is 4.90 Å². The van der Waals surface area contributed by atoms with Gasteiger partial charge in [0.25, 0.3) is 5.91 Å². The molecular formula is C14H23NO3. The Morgan fingerprint density at radius 1 is 1.39 bits per heavy atom. The SMILES string of the molecule is CCCCN1C(=O)/C(=C(/C)O)C(=O)[C@@H]1CC(C)C. The van der Waals surface area contributed by atoms with Crippen LogP contribution < -0.4 is 0 Å². The Bertz CT molecular complexity index is 367. The zero-order chi connectivity index (χ0) is 13.9. The number of allylic oxidation sites excluding steroid dienone is 1. The van der Waals surface area contributed by atoms with Crippen LogP contribution in [0.3, 0.4) is 0 Å². The number of hydrogen-bond donors (Lipinski definition) is 1. The van der Waals surface area contributed by atoms with Gasteiger partial charge in [-0.05, 0) is 25.7 Å². The van der Waals surface area contributed by atoms with Crippen molar-refractivity contribution in [1.82, 2.24) is 4.90 Å². The Kier molecular flexibility index (Phi) is 4.93. The van der Waals surface area contributed by atoms with Gasteiger partial charge in [0.05, 0.1) is 6.04 Å². The van der Waals surface area contributed by atoms with Gasteiger partial charge in [0.1, 0.15) is 11.3 Å². The van der Waals surface area contributed by atoms with E-state index < -0.39 is 0 Å². The lowest BCUT2D eigenvalue weighted by atomic mass is 9.99. The minimum Gasteiger partial charge on any atom is -0.512 e. The monoisotopic (exact) mass is 253 g/mol. The molecule has 0 radical (unpaired) electrons. The number of hydrogen-bond acceptors (Lipinski definition) is 3. The maximum Gasteiger partial charge on any atom is 0.261 e. The normalized spacial score (nSPS) is 23.2. The molecule has 0 aliphatic carbocycles. The molecule has 102 valence electrons. The largest absolute Gasteiger partial charge is 0.512 e. The van der Waals surface area contributed by atoms with Gasteiger partial charge < -0.3 is 10.0 Å². The number of aliphatic hydroxyl groups excluding tert-OH is 1. The van der Waals surface area contributed by atoms with Crippen molar-refractivity contribution >= 4 is 11.7 Å². The van der Waals surface area contributed by atoms with Crippen molar-refractivity contribution in [3.63, 3.8) is 0 Å². The molecule has 18 heavy (non-hydrogen) atoms. The molecule has 1 amide bonds. The molecule has 1 aliphatic heterocycles. The highest BCUT2D eigenvalue weighted by Crippen LogP contribution is 2.27. The molecule has 0 aromatic heterocycles. The summed E-state index contributed by atoms with van der Waals surface area (Å²) in [7, 11) is 0. The first-order chi connectivity index (χ1) is 8.40. The van der Waals surface area contributed by atoms with Crippen LogP contribution in [0.15, 0.2) is 11.3 Å². The summed E-state index contributed by atoms with van der Waals surface area (Å²) in [6.45, 7) is 8.11. The van der Waals surface area contributed by atoms with Crippen molar-refractivity contribution in [1.29, 1.82) is 0 Å². The first-order valence-electron chi connectivity index (χ1n) is 6.65. The zero-order valence-corrected chi connectivity index (χ0v) is 11.7. The molecular weight excluding hydrogens is 230 g/mol. The summed E-state index contributed by atoms with van der Waals surface area (Å²) in [4.78, 5) is 26.0. The number of amides is 1. The molecule has 1 heterocycles. The summed E-state index contributed by atoms with van der Waals surface area (Å²) in [6, 6.07) is -0.388. The highest BCUT2D eigenvalue weighted by Gasteiger charge is 2.43. The number of nitrogens with zero attached hydrogens (tertiary/aromatic N) is 1. The van der Waals surface area contributed by atoms with E-state index in [0.717, 1.165) is 12.8 Å². The van der Waals surface area contributed by atoms with Crippen molar-refractivity contribution in [3.05, 3.63) is 11.3 Å². The highest BCUT2D eigenvalue weighted by molar-refractivity contribution is 6.26. The highest BCUT2D eigenvalue weighted by atomic mass is 16.3. The Morgan fingerprint density at radius 2 is 2.00 bits per heavy atom. The molecule has 0 aromatic rings. The van der Waals surface area contributed by atoms with Crippen LogP contribution in [0.1, 0.15) is 47.0 Å². The van der Waals surface area contributed by atoms with E-state index in [9.17, 15) is 14.7 Å². The molecule has 1 N–H and O–H groups in total. The van der Waals surface area contributed by atoms with E-state index in [0.29, 0.717) is 18.9 Å². The minimum atomic E-state index is -0.388. The van der Waals surface area contributed by atoms with Gasteiger partial charge in [-0.25, -0.2) is 0 Å². The van der Waals surface area contributed by atoms with E-state index >= 15 is 0 Å². The number of carbonyl (C=O) groups excluding carboxylic acids is 2. The second kappa shape index (κ2) is 6.03. The average molecular weight is 253 g/mol. The fourth-order valence-electron chi connectivity index (χ4n) is 2.30. The standard InChI is InChI=1S/C14H23NO3/c1-5-6-7-15-11(8-9(2)3)13(17)12(10(4)16)14(15)18/h9,11,16H,5-8H2,1-4H3/b12-10-/t11-/m0/s1. The molecule has 4 nitrogen and oxygen atoms in total. The van der Waals surface area contributed by atoms with Crippen LogP contribution in [-0.4, -0.2) is 34.3 Å². The quantitative estimate of drug-likeness (QED) is 0.465. The number of unbranched alkanes of at least 4 members (excludes halogenated alkanes) is 1. The molecule has 1 aliphatic rings. The maximum absolute atomic E-state index is 12.2. The van der Waals surface area contributed by atoms with Gasteiger partial charge in [-0.1, -0.05) is 27.2 Å². The third kappa shape index (κ3) is 2.92. The predicted molar refractivity (Wildman–Crippen MR) is 70.2 cm³/mol. The lowest BCUT2D eigenvalue weighted by Crippen LogP contribution is -2.37. The van der Waals surface area contributed by atoms with E-state index in [2.05, 4.69) is 0 Å². The Balaban J connectivity index is 3.00. The van der Waals surface area contributed by atoms with E-state index in [1.807, 2.05) is 20.8 Å². The van der Waals surface area contributed by atoms with Crippen LogP contribution in [-0.2, 0) is 9.59 Å². The number of likely N-dealkylation sites (tertiary alicyclic amines) is 1. The van der Waals surface area contributed by atoms with Crippen LogP contribution in [0.4, 0.5) is 0 Å². The van der Waals surface area contributed by atoms with Gasteiger partial charge in [-0.2, -0.15) is 0 Å². The lowest BCUT2D eigenvalue weighted by molar-refractivity contribution is -0.127. The Morgan fingerprint density at radius 3 is 2.44 bits per heavy atom. The van der Waals surface area contributed by atoms with Crippen LogP contribution in [0, 0.1) is 5.92 Å². The van der Waals surface area contributed by atoms with Crippen molar-refractivity contribution < 1.29 is 14.7 Å². The Labute approximate surface area is 109 Å². The smallest absolute Gasteiger partial charge is 0.261 e.